The van der Waals surface area contributed by atoms with Gasteiger partial charge in [0.15, 0.2) is 0 Å². The van der Waals surface area contributed by atoms with Crippen LogP contribution >= 0.6 is 11.6 Å². The Balaban J connectivity index is 2.34. The number of carbonyl (C=O) groups excluding carboxylic acids is 2. The third-order valence-electron chi connectivity index (χ3n) is 5.76. The molecule has 1 N–H and O–H groups in total. The molecule has 0 aliphatic carbocycles. The summed E-state index contributed by atoms with van der Waals surface area (Å²) in [5.41, 5.74) is 2.02. The molecule has 0 aliphatic rings. The van der Waals surface area contributed by atoms with Crippen molar-refractivity contribution in [2.75, 3.05) is 23.7 Å². The Hall–Kier alpha value is -2.58. The highest BCUT2D eigenvalue weighted by molar-refractivity contribution is 7.92. The van der Waals surface area contributed by atoms with E-state index in [1.54, 1.807) is 32.0 Å². The van der Waals surface area contributed by atoms with E-state index in [0.717, 1.165) is 22.5 Å². The van der Waals surface area contributed by atoms with E-state index in [0.29, 0.717) is 22.7 Å². The molecule has 2 aromatic rings. The van der Waals surface area contributed by atoms with Crippen LogP contribution in [-0.4, -0.2) is 56.6 Å². The van der Waals surface area contributed by atoms with E-state index < -0.39 is 28.5 Å². The second-order valence-corrected chi connectivity index (χ2v) is 10.9. The van der Waals surface area contributed by atoms with Crippen LogP contribution in [0.4, 0.5) is 5.69 Å². The second kappa shape index (κ2) is 12.2. The molecule has 0 aromatic heterocycles. The molecule has 0 saturated carbocycles. The number of hydrogen-bond donors (Lipinski definition) is 1. The Labute approximate surface area is 208 Å². The van der Waals surface area contributed by atoms with Gasteiger partial charge in [0.25, 0.3) is 0 Å². The second-order valence-electron chi connectivity index (χ2n) is 8.52. The fraction of sp³-hybridized carbons (Fsp3) is 0.440. The summed E-state index contributed by atoms with van der Waals surface area (Å²) >= 11 is 6.03. The van der Waals surface area contributed by atoms with Crippen molar-refractivity contribution in [3.05, 3.63) is 64.7 Å². The summed E-state index contributed by atoms with van der Waals surface area (Å²) in [5.74, 6) is -0.730. The summed E-state index contributed by atoms with van der Waals surface area (Å²) in [5, 5.41) is 3.39. The van der Waals surface area contributed by atoms with Gasteiger partial charge in [0, 0.05) is 17.6 Å². The smallest absolute Gasteiger partial charge is 0.244 e. The van der Waals surface area contributed by atoms with Gasteiger partial charge in [-0.1, -0.05) is 48.9 Å². The first kappa shape index (κ1) is 27.7. The lowest BCUT2D eigenvalue weighted by molar-refractivity contribution is -0.139. The number of rotatable bonds is 11. The third kappa shape index (κ3) is 7.74. The number of nitrogens with zero attached hydrogens (tertiary/aromatic N) is 2. The van der Waals surface area contributed by atoms with E-state index in [4.69, 9.17) is 11.6 Å². The van der Waals surface area contributed by atoms with Crippen molar-refractivity contribution in [2.45, 2.75) is 52.6 Å². The lowest BCUT2D eigenvalue weighted by Gasteiger charge is -2.32. The number of benzene rings is 2. The van der Waals surface area contributed by atoms with Gasteiger partial charge in [-0.05, 0) is 62.9 Å². The largest absolute Gasteiger partial charge is 0.352 e. The van der Waals surface area contributed by atoms with Crippen LogP contribution in [0.3, 0.4) is 0 Å². The summed E-state index contributed by atoms with van der Waals surface area (Å²) in [6, 6.07) is 13.6. The zero-order chi connectivity index (χ0) is 25.5. The van der Waals surface area contributed by atoms with Crippen molar-refractivity contribution in [3.63, 3.8) is 0 Å². The van der Waals surface area contributed by atoms with Gasteiger partial charge in [-0.2, -0.15) is 0 Å². The zero-order valence-corrected chi connectivity index (χ0v) is 22.0. The fourth-order valence-electron chi connectivity index (χ4n) is 3.53. The van der Waals surface area contributed by atoms with Crippen LogP contribution in [0.25, 0.3) is 0 Å². The zero-order valence-electron chi connectivity index (χ0n) is 20.4. The van der Waals surface area contributed by atoms with Crippen LogP contribution in [0, 0.1) is 6.92 Å². The standard InChI is InChI=1S/C25H34ClN3O4S/c1-6-19(3)27-25(31)20(4)28(15-14-21-10-8-7-9-11-21)24(30)17-29(34(5,32)33)23-13-12-22(26)16-18(23)2/h7-13,16,19-20H,6,14-15,17H2,1-5H3,(H,27,31)/t19-,20+/m0/s1. The van der Waals surface area contributed by atoms with Gasteiger partial charge in [-0.15, -0.1) is 0 Å². The lowest BCUT2D eigenvalue weighted by atomic mass is 10.1. The van der Waals surface area contributed by atoms with E-state index in [1.807, 2.05) is 44.2 Å². The minimum Gasteiger partial charge on any atom is -0.352 e. The predicted molar refractivity (Wildman–Crippen MR) is 138 cm³/mol. The molecule has 0 aliphatic heterocycles. The quantitative estimate of drug-likeness (QED) is 0.501. The fourth-order valence-corrected chi connectivity index (χ4v) is 4.66. The molecule has 0 fully saturated rings. The number of aryl methyl sites for hydroxylation is 1. The molecule has 34 heavy (non-hydrogen) atoms. The Bertz CT molecular complexity index is 1090. The van der Waals surface area contributed by atoms with Crippen LogP contribution in [-0.2, 0) is 26.0 Å². The van der Waals surface area contributed by atoms with Gasteiger partial charge in [0.1, 0.15) is 12.6 Å². The van der Waals surface area contributed by atoms with E-state index >= 15 is 0 Å². The molecule has 2 atom stereocenters. The molecule has 0 spiro atoms. The monoisotopic (exact) mass is 507 g/mol. The van der Waals surface area contributed by atoms with Crippen molar-refractivity contribution in [1.82, 2.24) is 10.2 Å². The summed E-state index contributed by atoms with van der Waals surface area (Å²) in [6.45, 7) is 7.12. The molecule has 2 amide bonds. The topological polar surface area (TPSA) is 86.8 Å². The van der Waals surface area contributed by atoms with Crippen LogP contribution < -0.4 is 9.62 Å². The normalized spacial score (nSPS) is 13.1. The number of anilines is 1. The highest BCUT2D eigenvalue weighted by Crippen LogP contribution is 2.26. The Morgan fingerprint density at radius 2 is 1.74 bits per heavy atom. The number of sulfonamides is 1. The Kier molecular flexibility index (Phi) is 9.94. The molecule has 0 bridgehead atoms. The van der Waals surface area contributed by atoms with Crippen LogP contribution in [0.2, 0.25) is 5.02 Å². The maximum atomic E-state index is 13.5. The van der Waals surface area contributed by atoms with Gasteiger partial charge < -0.3 is 10.2 Å². The first-order valence-corrected chi connectivity index (χ1v) is 13.5. The molecule has 186 valence electrons. The van der Waals surface area contributed by atoms with Crippen LogP contribution in [0.15, 0.2) is 48.5 Å². The van der Waals surface area contributed by atoms with Crippen molar-refractivity contribution in [3.8, 4) is 0 Å². The van der Waals surface area contributed by atoms with E-state index in [-0.39, 0.29) is 18.5 Å². The molecule has 0 radical (unpaired) electrons. The first-order valence-electron chi connectivity index (χ1n) is 11.3. The maximum Gasteiger partial charge on any atom is 0.244 e. The van der Waals surface area contributed by atoms with Crippen molar-refractivity contribution in [2.24, 2.45) is 0 Å². The van der Waals surface area contributed by atoms with Crippen LogP contribution in [0.5, 0.6) is 0 Å². The van der Waals surface area contributed by atoms with Crippen molar-refractivity contribution < 1.29 is 18.0 Å². The van der Waals surface area contributed by atoms with Gasteiger partial charge >= 0.3 is 0 Å². The number of hydrogen-bond acceptors (Lipinski definition) is 4. The molecule has 7 nitrogen and oxygen atoms in total. The Morgan fingerprint density at radius 3 is 2.29 bits per heavy atom. The average Bonchev–Trinajstić information content (AvgIpc) is 2.77. The van der Waals surface area contributed by atoms with Crippen LogP contribution in [0.1, 0.15) is 38.3 Å². The summed E-state index contributed by atoms with van der Waals surface area (Å²) in [4.78, 5) is 27.8. The number of carbonyl (C=O) groups is 2. The summed E-state index contributed by atoms with van der Waals surface area (Å²) in [7, 11) is -3.78. The molecular formula is C25H34ClN3O4S. The molecule has 0 unspecified atom stereocenters. The maximum absolute atomic E-state index is 13.5. The SMILES string of the molecule is CC[C@H](C)NC(=O)[C@@H](C)N(CCc1ccccc1)C(=O)CN(c1ccc(Cl)cc1C)S(C)(=O)=O. The van der Waals surface area contributed by atoms with E-state index in [9.17, 15) is 18.0 Å². The number of nitrogens with one attached hydrogen (secondary N) is 1. The molecule has 2 aromatic carbocycles. The van der Waals surface area contributed by atoms with Gasteiger partial charge in [-0.3, -0.25) is 13.9 Å². The van der Waals surface area contributed by atoms with Gasteiger partial charge in [0.2, 0.25) is 21.8 Å². The molecule has 9 heteroatoms. The van der Waals surface area contributed by atoms with E-state index in [2.05, 4.69) is 5.32 Å². The van der Waals surface area contributed by atoms with Crippen molar-refractivity contribution >= 4 is 39.1 Å². The minimum atomic E-state index is -3.78. The average molecular weight is 508 g/mol. The van der Waals surface area contributed by atoms with Gasteiger partial charge in [0.05, 0.1) is 11.9 Å². The lowest BCUT2D eigenvalue weighted by Crippen LogP contribution is -2.53. The molecule has 2 rings (SSSR count). The minimum absolute atomic E-state index is 0.0368. The third-order valence-corrected chi connectivity index (χ3v) is 7.12. The molecule has 0 saturated heterocycles. The number of halogens is 1. The molecule has 0 heterocycles. The Morgan fingerprint density at radius 1 is 1.09 bits per heavy atom. The van der Waals surface area contributed by atoms with E-state index in [1.165, 1.54) is 4.90 Å². The first-order chi connectivity index (χ1) is 15.9. The number of amides is 2. The predicted octanol–water partition coefficient (Wildman–Crippen LogP) is 3.79. The highest BCUT2D eigenvalue weighted by atomic mass is 35.5. The molecular weight excluding hydrogens is 474 g/mol. The summed E-state index contributed by atoms with van der Waals surface area (Å²) < 4.78 is 26.3. The highest BCUT2D eigenvalue weighted by Gasteiger charge is 2.30. The summed E-state index contributed by atoms with van der Waals surface area (Å²) in [6.07, 6.45) is 2.35. The van der Waals surface area contributed by atoms with Crippen molar-refractivity contribution in [1.29, 1.82) is 0 Å². The van der Waals surface area contributed by atoms with Gasteiger partial charge in [-0.25, -0.2) is 8.42 Å².